The third-order valence-electron chi connectivity index (χ3n) is 5.20. The van der Waals surface area contributed by atoms with Gasteiger partial charge in [0.2, 0.25) is 12.7 Å². The highest BCUT2D eigenvalue weighted by atomic mass is 32.2. The number of para-hydroxylation sites is 1. The minimum atomic E-state index is 0.129. The van der Waals surface area contributed by atoms with Gasteiger partial charge < -0.3 is 14.4 Å². The highest BCUT2D eigenvalue weighted by Crippen LogP contribution is 2.37. The van der Waals surface area contributed by atoms with E-state index in [0.717, 1.165) is 58.1 Å². The van der Waals surface area contributed by atoms with Crippen molar-refractivity contribution in [1.82, 2.24) is 4.98 Å². The molecule has 0 saturated heterocycles. The molecule has 0 bridgehead atoms. The Morgan fingerprint density at radius 2 is 2.00 bits per heavy atom. The molecule has 0 fully saturated rings. The van der Waals surface area contributed by atoms with Crippen molar-refractivity contribution >= 4 is 34.3 Å². The van der Waals surface area contributed by atoms with Crippen LogP contribution in [0.3, 0.4) is 0 Å². The number of fused-ring (bicyclic) bond motifs is 3. The standard InChI is InChI=1S/C22H20N2O3S/c1-14-9-16-10-19-20(27-13-26-19)11-17(16)23-22(14)28-12-21(25)24-8-4-6-15-5-2-3-7-18(15)24/h2-3,5,7,9-11H,4,6,8,12-13H2,1H3. The zero-order chi connectivity index (χ0) is 19.1. The van der Waals surface area contributed by atoms with E-state index in [1.807, 2.05) is 42.2 Å². The maximum Gasteiger partial charge on any atom is 0.237 e. The number of carbonyl (C=O) groups excluding carboxylic acids is 1. The lowest BCUT2D eigenvalue weighted by Crippen LogP contribution is -2.36. The van der Waals surface area contributed by atoms with Crippen LogP contribution in [0.1, 0.15) is 17.5 Å². The van der Waals surface area contributed by atoms with Crippen LogP contribution in [0.5, 0.6) is 11.5 Å². The van der Waals surface area contributed by atoms with Gasteiger partial charge in [-0.1, -0.05) is 30.0 Å². The summed E-state index contributed by atoms with van der Waals surface area (Å²) in [5.41, 5.74) is 4.22. The third-order valence-corrected chi connectivity index (χ3v) is 6.27. The van der Waals surface area contributed by atoms with E-state index in [9.17, 15) is 4.79 Å². The van der Waals surface area contributed by atoms with Gasteiger partial charge >= 0.3 is 0 Å². The number of rotatable bonds is 3. The number of benzene rings is 2. The fourth-order valence-corrected chi connectivity index (χ4v) is 4.66. The summed E-state index contributed by atoms with van der Waals surface area (Å²) in [5, 5.41) is 1.90. The normalized spacial score (nSPS) is 15.0. The van der Waals surface area contributed by atoms with Crippen molar-refractivity contribution in [2.75, 3.05) is 24.0 Å². The van der Waals surface area contributed by atoms with Crippen LogP contribution < -0.4 is 14.4 Å². The summed E-state index contributed by atoms with van der Waals surface area (Å²) >= 11 is 1.50. The van der Waals surface area contributed by atoms with Crippen molar-refractivity contribution in [3.05, 3.63) is 53.6 Å². The number of thioether (sulfide) groups is 1. The molecular weight excluding hydrogens is 372 g/mol. The maximum atomic E-state index is 12.9. The van der Waals surface area contributed by atoms with Crippen molar-refractivity contribution in [2.45, 2.75) is 24.8 Å². The largest absolute Gasteiger partial charge is 0.454 e. The first-order valence-electron chi connectivity index (χ1n) is 9.41. The van der Waals surface area contributed by atoms with E-state index in [4.69, 9.17) is 14.5 Å². The SMILES string of the molecule is Cc1cc2cc3c(cc2nc1SCC(=O)N1CCCc2ccccc21)OCO3. The molecule has 0 N–H and O–H groups in total. The molecular formula is C22H20N2O3S. The van der Waals surface area contributed by atoms with Crippen molar-refractivity contribution in [1.29, 1.82) is 0 Å². The average molecular weight is 392 g/mol. The topological polar surface area (TPSA) is 51.7 Å². The van der Waals surface area contributed by atoms with Gasteiger partial charge in [0.1, 0.15) is 5.03 Å². The molecule has 142 valence electrons. The Morgan fingerprint density at radius 3 is 2.89 bits per heavy atom. The average Bonchev–Trinajstić information content (AvgIpc) is 3.17. The second kappa shape index (κ2) is 7.02. The molecule has 3 heterocycles. The molecule has 5 nitrogen and oxygen atoms in total. The van der Waals surface area contributed by atoms with E-state index in [-0.39, 0.29) is 12.7 Å². The number of carbonyl (C=O) groups is 1. The molecule has 1 amide bonds. The van der Waals surface area contributed by atoms with Gasteiger partial charge in [-0.05, 0) is 49.1 Å². The van der Waals surface area contributed by atoms with Crippen LogP contribution in [-0.4, -0.2) is 30.0 Å². The first-order chi connectivity index (χ1) is 13.7. The maximum absolute atomic E-state index is 12.9. The molecule has 2 aliphatic heterocycles. The summed E-state index contributed by atoms with van der Waals surface area (Å²) < 4.78 is 10.9. The van der Waals surface area contributed by atoms with Crippen LogP contribution in [-0.2, 0) is 11.2 Å². The molecule has 5 rings (SSSR count). The predicted octanol–water partition coefficient (Wildman–Crippen LogP) is 4.34. The third kappa shape index (κ3) is 3.07. The molecule has 0 unspecified atom stereocenters. The van der Waals surface area contributed by atoms with E-state index >= 15 is 0 Å². The molecule has 1 aromatic heterocycles. The Bertz CT molecular complexity index is 1080. The number of aryl methyl sites for hydroxylation is 2. The van der Waals surface area contributed by atoms with Crippen molar-refractivity contribution < 1.29 is 14.3 Å². The number of ether oxygens (including phenoxy) is 2. The van der Waals surface area contributed by atoms with Crippen LogP contribution in [0.2, 0.25) is 0 Å². The number of anilines is 1. The molecule has 0 spiro atoms. The predicted molar refractivity (Wildman–Crippen MR) is 110 cm³/mol. The van der Waals surface area contributed by atoms with Crippen LogP contribution in [0, 0.1) is 6.92 Å². The van der Waals surface area contributed by atoms with Gasteiger partial charge in [-0.2, -0.15) is 0 Å². The second-order valence-corrected chi connectivity index (χ2v) is 8.04. The number of hydrogen-bond acceptors (Lipinski definition) is 5. The summed E-state index contributed by atoms with van der Waals surface area (Å²) in [6, 6.07) is 14.1. The Balaban J connectivity index is 1.37. The van der Waals surface area contributed by atoms with E-state index in [1.54, 1.807) is 0 Å². The molecule has 2 aromatic carbocycles. The van der Waals surface area contributed by atoms with Gasteiger partial charge in [0.05, 0.1) is 11.3 Å². The van der Waals surface area contributed by atoms with Crippen LogP contribution in [0.25, 0.3) is 10.9 Å². The summed E-state index contributed by atoms with van der Waals surface area (Å²) in [7, 11) is 0. The highest BCUT2D eigenvalue weighted by Gasteiger charge is 2.22. The lowest BCUT2D eigenvalue weighted by Gasteiger charge is -2.29. The molecule has 0 radical (unpaired) electrons. The minimum Gasteiger partial charge on any atom is -0.454 e. The summed E-state index contributed by atoms with van der Waals surface area (Å²) in [6.45, 7) is 3.06. The lowest BCUT2D eigenvalue weighted by atomic mass is 10.0. The van der Waals surface area contributed by atoms with Gasteiger partial charge in [-0.3, -0.25) is 4.79 Å². The molecule has 0 aliphatic carbocycles. The van der Waals surface area contributed by atoms with E-state index in [2.05, 4.69) is 12.1 Å². The van der Waals surface area contributed by atoms with E-state index in [0.29, 0.717) is 5.75 Å². The zero-order valence-corrected chi connectivity index (χ0v) is 16.4. The lowest BCUT2D eigenvalue weighted by molar-refractivity contribution is -0.116. The van der Waals surface area contributed by atoms with Gasteiger partial charge in [-0.15, -0.1) is 0 Å². The Labute approximate surface area is 167 Å². The molecule has 3 aromatic rings. The fourth-order valence-electron chi connectivity index (χ4n) is 3.80. The van der Waals surface area contributed by atoms with E-state index < -0.39 is 0 Å². The van der Waals surface area contributed by atoms with Gasteiger partial charge in [-0.25, -0.2) is 4.98 Å². The first kappa shape index (κ1) is 17.4. The number of amides is 1. The first-order valence-corrected chi connectivity index (χ1v) is 10.4. The highest BCUT2D eigenvalue weighted by molar-refractivity contribution is 8.00. The summed E-state index contributed by atoms with van der Waals surface area (Å²) in [4.78, 5) is 19.6. The van der Waals surface area contributed by atoms with Gasteiger partial charge in [0, 0.05) is 23.7 Å². The summed E-state index contributed by atoms with van der Waals surface area (Å²) in [5.74, 6) is 1.98. The molecule has 2 aliphatic rings. The number of aromatic nitrogens is 1. The Morgan fingerprint density at radius 1 is 1.18 bits per heavy atom. The summed E-state index contributed by atoms with van der Waals surface area (Å²) in [6.07, 6.45) is 2.04. The van der Waals surface area contributed by atoms with Crippen molar-refractivity contribution in [3.63, 3.8) is 0 Å². The van der Waals surface area contributed by atoms with Crippen LogP contribution in [0.15, 0.2) is 47.5 Å². The van der Waals surface area contributed by atoms with E-state index in [1.165, 1.54) is 17.3 Å². The van der Waals surface area contributed by atoms with Gasteiger partial charge in [0.15, 0.2) is 11.5 Å². The minimum absolute atomic E-state index is 0.129. The monoisotopic (exact) mass is 392 g/mol. The quantitative estimate of drug-likeness (QED) is 0.621. The molecule has 28 heavy (non-hydrogen) atoms. The second-order valence-electron chi connectivity index (χ2n) is 7.07. The van der Waals surface area contributed by atoms with Crippen LogP contribution in [0.4, 0.5) is 5.69 Å². The molecule has 0 saturated carbocycles. The Kier molecular flexibility index (Phi) is 4.36. The van der Waals surface area contributed by atoms with Crippen LogP contribution >= 0.6 is 11.8 Å². The number of hydrogen-bond donors (Lipinski definition) is 0. The number of pyridine rings is 1. The van der Waals surface area contributed by atoms with Crippen molar-refractivity contribution in [3.8, 4) is 11.5 Å². The molecule has 0 atom stereocenters. The zero-order valence-electron chi connectivity index (χ0n) is 15.6. The van der Waals surface area contributed by atoms with Crippen molar-refractivity contribution in [2.24, 2.45) is 0 Å². The molecule has 6 heteroatoms. The van der Waals surface area contributed by atoms with Gasteiger partial charge in [0.25, 0.3) is 0 Å². The smallest absolute Gasteiger partial charge is 0.237 e. The number of nitrogens with zero attached hydrogens (tertiary/aromatic N) is 2. The Hall–Kier alpha value is -2.73. The fraction of sp³-hybridized carbons (Fsp3) is 0.273.